The Balaban J connectivity index is 3.71. The Morgan fingerprint density at radius 3 is 2.70 bits per heavy atom. The summed E-state index contributed by atoms with van der Waals surface area (Å²) in [5.41, 5.74) is 0. The molecule has 0 aliphatic carbocycles. The van der Waals surface area contributed by atoms with Crippen LogP contribution in [0.3, 0.4) is 0 Å². The van der Waals surface area contributed by atoms with E-state index < -0.39 is 12.0 Å². The first kappa shape index (κ1) is 8.94. The molecule has 0 heterocycles. The Hall–Kier alpha value is -1.06. The second-order valence-corrected chi connectivity index (χ2v) is 1.96. The molecule has 0 rings (SSSR count). The first-order valence-electron chi connectivity index (χ1n) is 3.14. The van der Waals surface area contributed by atoms with Gasteiger partial charge in [0.15, 0.2) is 0 Å². The summed E-state index contributed by atoms with van der Waals surface area (Å²) < 4.78 is 0. The van der Waals surface area contributed by atoms with Crippen LogP contribution in [0.1, 0.15) is 19.8 Å². The maximum absolute atomic E-state index is 10.3. The molecule has 0 aromatic rings. The van der Waals surface area contributed by atoms with Crippen molar-refractivity contribution < 1.29 is 14.7 Å². The Kier molecular flexibility index (Phi) is 4.28. The molecule has 58 valence electrons. The lowest BCUT2D eigenvalue weighted by Gasteiger charge is -2.07. The number of carbonyl (C=O) groups is 2. The van der Waals surface area contributed by atoms with Gasteiger partial charge in [0.2, 0.25) is 6.41 Å². The SMILES string of the molecule is CCC[C@H](NC=O)C(=O)O. The summed E-state index contributed by atoms with van der Waals surface area (Å²) in [6, 6.07) is -0.720. The molecule has 4 heteroatoms. The molecule has 0 radical (unpaired) electrons. The van der Waals surface area contributed by atoms with E-state index in [1.54, 1.807) is 0 Å². The zero-order valence-electron chi connectivity index (χ0n) is 5.83. The molecule has 4 nitrogen and oxygen atoms in total. The normalized spacial score (nSPS) is 12.1. The largest absolute Gasteiger partial charge is 0.480 e. The van der Waals surface area contributed by atoms with E-state index in [4.69, 9.17) is 5.11 Å². The molecule has 0 aliphatic rings. The molecule has 1 amide bonds. The number of hydrogen-bond donors (Lipinski definition) is 2. The van der Waals surface area contributed by atoms with Crippen molar-refractivity contribution in [1.29, 1.82) is 0 Å². The van der Waals surface area contributed by atoms with Gasteiger partial charge in [-0.05, 0) is 6.42 Å². The van der Waals surface area contributed by atoms with Gasteiger partial charge < -0.3 is 10.4 Å². The first-order valence-corrected chi connectivity index (χ1v) is 3.14. The fourth-order valence-corrected chi connectivity index (χ4v) is 0.649. The molecular formula is C6H11NO3. The van der Waals surface area contributed by atoms with Gasteiger partial charge in [0.05, 0.1) is 0 Å². The molecule has 0 unspecified atom stereocenters. The van der Waals surface area contributed by atoms with Crippen LogP contribution < -0.4 is 5.32 Å². The minimum absolute atomic E-state index is 0.411. The monoisotopic (exact) mass is 145 g/mol. The topological polar surface area (TPSA) is 66.4 Å². The number of hydrogen-bond acceptors (Lipinski definition) is 2. The lowest BCUT2D eigenvalue weighted by atomic mass is 10.2. The van der Waals surface area contributed by atoms with Gasteiger partial charge in [-0.25, -0.2) is 4.79 Å². The number of nitrogens with one attached hydrogen (secondary N) is 1. The third kappa shape index (κ3) is 3.06. The standard InChI is InChI=1S/C6H11NO3/c1-2-3-5(6(9)10)7-4-8/h4-5H,2-3H2,1H3,(H,7,8)(H,9,10)/t5-/m0/s1. The fraction of sp³-hybridized carbons (Fsp3) is 0.667. The number of carboxylic acid groups (broad SMARTS) is 1. The molecular weight excluding hydrogens is 134 g/mol. The van der Waals surface area contributed by atoms with Crippen LogP contribution in [0.5, 0.6) is 0 Å². The summed E-state index contributed by atoms with van der Waals surface area (Å²) in [6.07, 6.45) is 1.64. The Morgan fingerprint density at radius 1 is 1.80 bits per heavy atom. The molecule has 0 aliphatic heterocycles. The van der Waals surface area contributed by atoms with Gasteiger partial charge in [0.25, 0.3) is 0 Å². The molecule has 1 atom stereocenters. The van der Waals surface area contributed by atoms with Crippen molar-refractivity contribution >= 4 is 12.4 Å². The zero-order chi connectivity index (χ0) is 7.98. The van der Waals surface area contributed by atoms with Gasteiger partial charge in [-0.1, -0.05) is 13.3 Å². The maximum Gasteiger partial charge on any atom is 0.326 e. The first-order chi connectivity index (χ1) is 4.72. The van der Waals surface area contributed by atoms with Crippen molar-refractivity contribution in [3.8, 4) is 0 Å². The average molecular weight is 145 g/mol. The highest BCUT2D eigenvalue weighted by Gasteiger charge is 2.13. The van der Waals surface area contributed by atoms with E-state index >= 15 is 0 Å². The van der Waals surface area contributed by atoms with Crippen molar-refractivity contribution in [3.63, 3.8) is 0 Å². The molecule has 0 fully saturated rings. The lowest BCUT2D eigenvalue weighted by Crippen LogP contribution is -2.35. The van der Waals surface area contributed by atoms with E-state index in [0.717, 1.165) is 6.42 Å². The van der Waals surface area contributed by atoms with Crippen LogP contribution in [-0.4, -0.2) is 23.5 Å². The lowest BCUT2D eigenvalue weighted by molar-refractivity contribution is -0.140. The van der Waals surface area contributed by atoms with E-state index in [2.05, 4.69) is 5.32 Å². The van der Waals surface area contributed by atoms with E-state index in [1.807, 2.05) is 6.92 Å². The van der Waals surface area contributed by atoms with E-state index in [9.17, 15) is 9.59 Å². The van der Waals surface area contributed by atoms with Crippen molar-refractivity contribution in [2.24, 2.45) is 0 Å². The second-order valence-electron chi connectivity index (χ2n) is 1.96. The van der Waals surface area contributed by atoms with Gasteiger partial charge in [-0.15, -0.1) is 0 Å². The van der Waals surface area contributed by atoms with Crippen LogP contribution >= 0.6 is 0 Å². The van der Waals surface area contributed by atoms with Gasteiger partial charge in [0.1, 0.15) is 6.04 Å². The van der Waals surface area contributed by atoms with Gasteiger partial charge in [-0.2, -0.15) is 0 Å². The number of rotatable bonds is 5. The molecule has 0 bridgehead atoms. The number of carbonyl (C=O) groups excluding carboxylic acids is 1. The highest BCUT2D eigenvalue weighted by Crippen LogP contribution is 1.94. The van der Waals surface area contributed by atoms with Crippen LogP contribution in [0.4, 0.5) is 0 Å². The second kappa shape index (κ2) is 4.78. The summed E-state index contributed by atoms with van der Waals surface area (Å²) in [5.74, 6) is -0.978. The van der Waals surface area contributed by atoms with Crippen LogP contribution in [0.2, 0.25) is 0 Å². The molecule has 0 aromatic heterocycles. The summed E-state index contributed by atoms with van der Waals surface area (Å²) in [5, 5.41) is 10.6. The highest BCUT2D eigenvalue weighted by molar-refractivity contribution is 5.76. The Morgan fingerprint density at radius 2 is 2.40 bits per heavy atom. The Bertz CT molecular complexity index is 124. The fourth-order valence-electron chi connectivity index (χ4n) is 0.649. The molecule has 2 N–H and O–H groups in total. The minimum atomic E-state index is -0.978. The number of amides is 1. The zero-order valence-corrected chi connectivity index (χ0v) is 5.83. The van der Waals surface area contributed by atoms with Crippen LogP contribution in [0.25, 0.3) is 0 Å². The summed E-state index contributed by atoms with van der Waals surface area (Å²) in [6.45, 7) is 1.86. The van der Waals surface area contributed by atoms with E-state index in [0.29, 0.717) is 12.8 Å². The molecule has 0 spiro atoms. The minimum Gasteiger partial charge on any atom is -0.480 e. The quantitative estimate of drug-likeness (QED) is 0.534. The third-order valence-electron chi connectivity index (χ3n) is 1.14. The number of carboxylic acids is 1. The van der Waals surface area contributed by atoms with Crippen molar-refractivity contribution in [1.82, 2.24) is 5.32 Å². The van der Waals surface area contributed by atoms with Crippen LogP contribution in [0.15, 0.2) is 0 Å². The maximum atomic E-state index is 10.3. The third-order valence-corrected chi connectivity index (χ3v) is 1.14. The van der Waals surface area contributed by atoms with Crippen LogP contribution in [0, 0.1) is 0 Å². The predicted molar refractivity (Wildman–Crippen MR) is 35.5 cm³/mol. The van der Waals surface area contributed by atoms with Crippen LogP contribution in [-0.2, 0) is 9.59 Å². The summed E-state index contributed by atoms with van der Waals surface area (Å²) >= 11 is 0. The summed E-state index contributed by atoms with van der Waals surface area (Å²) in [7, 11) is 0. The average Bonchev–Trinajstić information content (AvgIpc) is 1.87. The van der Waals surface area contributed by atoms with Crippen molar-refractivity contribution in [2.75, 3.05) is 0 Å². The van der Waals surface area contributed by atoms with Crippen molar-refractivity contribution in [3.05, 3.63) is 0 Å². The summed E-state index contributed by atoms with van der Waals surface area (Å²) in [4.78, 5) is 20.1. The van der Waals surface area contributed by atoms with Gasteiger partial charge >= 0.3 is 5.97 Å². The van der Waals surface area contributed by atoms with E-state index in [-0.39, 0.29) is 0 Å². The molecule has 10 heavy (non-hydrogen) atoms. The van der Waals surface area contributed by atoms with Gasteiger partial charge in [0, 0.05) is 0 Å². The van der Waals surface area contributed by atoms with Crippen molar-refractivity contribution in [2.45, 2.75) is 25.8 Å². The molecule has 0 aromatic carbocycles. The van der Waals surface area contributed by atoms with Gasteiger partial charge in [-0.3, -0.25) is 4.79 Å². The number of aliphatic carboxylic acids is 1. The smallest absolute Gasteiger partial charge is 0.326 e. The van der Waals surface area contributed by atoms with E-state index in [1.165, 1.54) is 0 Å². The predicted octanol–water partition coefficient (Wildman–Crippen LogP) is -0.0143. The molecule has 0 saturated carbocycles. The highest BCUT2D eigenvalue weighted by atomic mass is 16.4. The Labute approximate surface area is 59.2 Å². The molecule has 0 saturated heterocycles.